The lowest BCUT2D eigenvalue weighted by Crippen LogP contribution is -2.48. The maximum Gasteiger partial charge on any atom is 0.410 e. The van der Waals surface area contributed by atoms with Crippen LogP contribution in [0, 0.1) is 5.82 Å². The standard InChI is InChI=1S/C20H27FN2O3/c1-2-3-4-7-12-23-15-20(26-19(23)25)10-13-22(14-11-20)18(24)16-8-5-6-9-17(16)21/h5-6,8-9H,2-4,7,10-15H2,1H3. The van der Waals surface area contributed by atoms with Crippen molar-refractivity contribution in [2.45, 2.75) is 51.0 Å². The van der Waals surface area contributed by atoms with Crippen LogP contribution in [-0.2, 0) is 4.74 Å². The van der Waals surface area contributed by atoms with E-state index >= 15 is 0 Å². The molecule has 2 aliphatic rings. The average Bonchev–Trinajstić information content (AvgIpc) is 2.94. The van der Waals surface area contributed by atoms with Gasteiger partial charge in [-0.05, 0) is 18.6 Å². The third-order valence-electron chi connectivity index (χ3n) is 5.39. The van der Waals surface area contributed by atoms with Crippen LogP contribution in [0.15, 0.2) is 24.3 Å². The minimum Gasteiger partial charge on any atom is -0.441 e. The van der Waals surface area contributed by atoms with Gasteiger partial charge in [0, 0.05) is 32.5 Å². The summed E-state index contributed by atoms with van der Waals surface area (Å²) in [5.74, 6) is -0.790. The van der Waals surface area contributed by atoms with Crippen molar-refractivity contribution < 1.29 is 18.7 Å². The molecule has 2 saturated heterocycles. The third-order valence-corrected chi connectivity index (χ3v) is 5.39. The van der Waals surface area contributed by atoms with E-state index in [4.69, 9.17) is 4.74 Å². The molecule has 0 aromatic heterocycles. The number of benzene rings is 1. The number of likely N-dealkylation sites (tertiary alicyclic amines) is 1. The van der Waals surface area contributed by atoms with Crippen LogP contribution < -0.4 is 0 Å². The first-order valence-corrected chi connectivity index (χ1v) is 9.56. The number of ether oxygens (including phenoxy) is 1. The van der Waals surface area contributed by atoms with Crippen LogP contribution in [-0.4, -0.2) is 53.6 Å². The minimum atomic E-state index is -0.497. The van der Waals surface area contributed by atoms with Crippen LogP contribution in [0.3, 0.4) is 0 Å². The van der Waals surface area contributed by atoms with Gasteiger partial charge in [0.25, 0.3) is 5.91 Å². The van der Waals surface area contributed by atoms with Gasteiger partial charge < -0.3 is 14.5 Å². The summed E-state index contributed by atoms with van der Waals surface area (Å²) in [6.45, 7) is 4.45. The molecule has 0 unspecified atom stereocenters. The van der Waals surface area contributed by atoms with Gasteiger partial charge in [0.1, 0.15) is 11.4 Å². The molecule has 0 atom stereocenters. The van der Waals surface area contributed by atoms with E-state index < -0.39 is 11.4 Å². The van der Waals surface area contributed by atoms with Gasteiger partial charge in [0.2, 0.25) is 0 Å². The summed E-state index contributed by atoms with van der Waals surface area (Å²) >= 11 is 0. The fraction of sp³-hybridized carbons (Fsp3) is 0.600. The first-order chi connectivity index (χ1) is 12.5. The summed E-state index contributed by atoms with van der Waals surface area (Å²) in [7, 11) is 0. The molecule has 2 heterocycles. The van der Waals surface area contributed by atoms with Crippen LogP contribution in [0.1, 0.15) is 55.8 Å². The average molecular weight is 362 g/mol. The first-order valence-electron chi connectivity index (χ1n) is 9.56. The summed E-state index contributed by atoms with van der Waals surface area (Å²) in [5, 5.41) is 0. The molecular weight excluding hydrogens is 335 g/mol. The number of carbonyl (C=O) groups excluding carboxylic acids is 2. The molecule has 0 radical (unpaired) electrons. The molecule has 1 aromatic rings. The maximum atomic E-state index is 13.8. The number of hydrogen-bond acceptors (Lipinski definition) is 3. The van der Waals surface area contributed by atoms with Crippen LogP contribution in [0.25, 0.3) is 0 Å². The van der Waals surface area contributed by atoms with E-state index in [0.29, 0.717) is 32.5 Å². The lowest BCUT2D eigenvalue weighted by molar-refractivity contribution is 0.00302. The van der Waals surface area contributed by atoms with Crippen molar-refractivity contribution in [2.75, 3.05) is 26.2 Å². The third kappa shape index (κ3) is 4.00. The highest BCUT2D eigenvalue weighted by Crippen LogP contribution is 2.34. The van der Waals surface area contributed by atoms with Gasteiger partial charge in [0.15, 0.2) is 0 Å². The number of unbranched alkanes of at least 4 members (excludes halogenated alkanes) is 3. The van der Waals surface area contributed by atoms with Crippen molar-refractivity contribution in [3.05, 3.63) is 35.6 Å². The van der Waals surface area contributed by atoms with Crippen molar-refractivity contribution >= 4 is 12.0 Å². The lowest BCUT2D eigenvalue weighted by atomic mass is 9.91. The van der Waals surface area contributed by atoms with E-state index in [1.807, 2.05) is 0 Å². The normalized spacial score (nSPS) is 19.1. The SMILES string of the molecule is CCCCCCN1CC2(CCN(C(=O)c3ccccc3F)CC2)OC1=O. The van der Waals surface area contributed by atoms with Crippen molar-refractivity contribution in [1.29, 1.82) is 0 Å². The van der Waals surface area contributed by atoms with Crippen molar-refractivity contribution in [3.8, 4) is 0 Å². The van der Waals surface area contributed by atoms with E-state index in [1.165, 1.54) is 25.0 Å². The number of halogens is 1. The zero-order valence-electron chi connectivity index (χ0n) is 15.4. The minimum absolute atomic E-state index is 0.101. The molecule has 26 heavy (non-hydrogen) atoms. The molecule has 1 spiro atoms. The lowest BCUT2D eigenvalue weighted by Gasteiger charge is -2.37. The number of carbonyl (C=O) groups is 2. The Hall–Kier alpha value is -2.11. The summed E-state index contributed by atoms with van der Waals surface area (Å²) < 4.78 is 19.5. The van der Waals surface area contributed by atoms with E-state index in [-0.39, 0.29) is 17.6 Å². The molecule has 142 valence electrons. The van der Waals surface area contributed by atoms with Gasteiger partial charge >= 0.3 is 6.09 Å². The monoisotopic (exact) mass is 362 g/mol. The molecule has 2 aliphatic heterocycles. The molecular formula is C20H27FN2O3. The number of amides is 2. The van der Waals surface area contributed by atoms with Gasteiger partial charge in [-0.1, -0.05) is 38.3 Å². The van der Waals surface area contributed by atoms with Crippen LogP contribution >= 0.6 is 0 Å². The zero-order valence-corrected chi connectivity index (χ0v) is 15.4. The number of nitrogens with zero attached hydrogens (tertiary/aromatic N) is 2. The van der Waals surface area contributed by atoms with Gasteiger partial charge in [-0.2, -0.15) is 0 Å². The highest BCUT2D eigenvalue weighted by atomic mass is 19.1. The highest BCUT2D eigenvalue weighted by Gasteiger charge is 2.47. The Kier molecular flexibility index (Phi) is 5.79. The predicted octanol–water partition coefficient (Wildman–Crippen LogP) is 3.83. The summed E-state index contributed by atoms with van der Waals surface area (Å²) in [6, 6.07) is 6.05. The fourth-order valence-corrected chi connectivity index (χ4v) is 3.78. The summed E-state index contributed by atoms with van der Waals surface area (Å²) in [5.41, 5.74) is -0.391. The molecule has 2 amide bonds. The van der Waals surface area contributed by atoms with Gasteiger partial charge in [-0.3, -0.25) is 4.79 Å². The Morgan fingerprint density at radius 3 is 2.62 bits per heavy atom. The Bertz CT molecular complexity index is 656. The van der Waals surface area contributed by atoms with E-state index in [0.717, 1.165) is 19.4 Å². The number of piperidine rings is 1. The molecule has 6 heteroatoms. The van der Waals surface area contributed by atoms with Crippen molar-refractivity contribution in [3.63, 3.8) is 0 Å². The van der Waals surface area contributed by atoms with Crippen molar-refractivity contribution in [2.24, 2.45) is 0 Å². The fourth-order valence-electron chi connectivity index (χ4n) is 3.78. The second-order valence-corrected chi connectivity index (χ2v) is 7.31. The smallest absolute Gasteiger partial charge is 0.410 e. The zero-order chi connectivity index (χ0) is 18.6. The van der Waals surface area contributed by atoms with Crippen LogP contribution in [0.5, 0.6) is 0 Å². The molecule has 1 aromatic carbocycles. The number of hydrogen-bond donors (Lipinski definition) is 0. The Balaban J connectivity index is 1.54. The second-order valence-electron chi connectivity index (χ2n) is 7.31. The van der Waals surface area contributed by atoms with E-state index in [2.05, 4.69) is 6.92 Å². The Morgan fingerprint density at radius 2 is 1.92 bits per heavy atom. The second kappa shape index (κ2) is 8.06. The van der Waals surface area contributed by atoms with E-state index in [9.17, 15) is 14.0 Å². The number of rotatable bonds is 6. The molecule has 3 rings (SSSR count). The Labute approximate surface area is 154 Å². The molecule has 0 aliphatic carbocycles. The van der Waals surface area contributed by atoms with Crippen LogP contribution in [0.2, 0.25) is 0 Å². The quantitative estimate of drug-likeness (QED) is 0.723. The van der Waals surface area contributed by atoms with Crippen LogP contribution in [0.4, 0.5) is 9.18 Å². The van der Waals surface area contributed by atoms with Crippen molar-refractivity contribution in [1.82, 2.24) is 9.80 Å². The predicted molar refractivity (Wildman–Crippen MR) is 96.5 cm³/mol. The summed E-state index contributed by atoms with van der Waals surface area (Å²) in [6.07, 6.45) is 5.43. The van der Waals surface area contributed by atoms with Gasteiger partial charge in [-0.25, -0.2) is 9.18 Å². The molecule has 0 bridgehead atoms. The summed E-state index contributed by atoms with van der Waals surface area (Å²) in [4.78, 5) is 28.1. The van der Waals surface area contributed by atoms with Gasteiger partial charge in [-0.15, -0.1) is 0 Å². The maximum absolute atomic E-state index is 13.8. The first kappa shape index (κ1) is 18.7. The largest absolute Gasteiger partial charge is 0.441 e. The van der Waals surface area contributed by atoms with E-state index in [1.54, 1.807) is 21.9 Å². The molecule has 5 nitrogen and oxygen atoms in total. The highest BCUT2D eigenvalue weighted by molar-refractivity contribution is 5.94. The topological polar surface area (TPSA) is 49.9 Å². The molecule has 0 N–H and O–H groups in total. The van der Waals surface area contributed by atoms with Gasteiger partial charge in [0.05, 0.1) is 12.1 Å². The Morgan fingerprint density at radius 1 is 1.19 bits per heavy atom. The molecule has 0 saturated carbocycles. The molecule has 2 fully saturated rings.